The zero-order chi connectivity index (χ0) is 14.5. The molecule has 0 atom stereocenters. The summed E-state index contributed by atoms with van der Waals surface area (Å²) in [5.41, 5.74) is 7.30. The predicted octanol–water partition coefficient (Wildman–Crippen LogP) is 3.42. The quantitative estimate of drug-likeness (QED) is 0.836. The van der Waals surface area contributed by atoms with E-state index < -0.39 is 5.82 Å². The summed E-state index contributed by atoms with van der Waals surface area (Å²) in [6.07, 6.45) is 0. The molecule has 102 valence electrons. The van der Waals surface area contributed by atoms with Crippen molar-refractivity contribution in [1.29, 1.82) is 5.26 Å². The Labute approximate surface area is 116 Å². The van der Waals surface area contributed by atoms with Gasteiger partial charge in [0.25, 0.3) is 0 Å². The molecule has 0 unspecified atom stereocenters. The van der Waals surface area contributed by atoms with Crippen LogP contribution in [0.5, 0.6) is 5.75 Å². The lowest BCUT2D eigenvalue weighted by atomic mass is 10.1. The maximum atomic E-state index is 13.5. The molecule has 0 amide bonds. The van der Waals surface area contributed by atoms with E-state index in [0.29, 0.717) is 29.4 Å². The average molecular weight is 271 g/mol. The van der Waals surface area contributed by atoms with E-state index in [1.165, 1.54) is 12.1 Å². The van der Waals surface area contributed by atoms with Crippen molar-refractivity contribution >= 4 is 17.1 Å². The van der Waals surface area contributed by atoms with E-state index in [-0.39, 0.29) is 5.56 Å². The van der Waals surface area contributed by atoms with Gasteiger partial charge in [-0.2, -0.15) is 5.26 Å². The molecule has 20 heavy (non-hydrogen) atoms. The van der Waals surface area contributed by atoms with Crippen molar-refractivity contribution in [2.45, 2.75) is 6.92 Å². The van der Waals surface area contributed by atoms with Crippen LogP contribution in [-0.2, 0) is 0 Å². The van der Waals surface area contributed by atoms with Crippen LogP contribution in [0.25, 0.3) is 0 Å². The zero-order valence-electron chi connectivity index (χ0n) is 11.0. The lowest BCUT2D eigenvalue weighted by Gasteiger charge is -2.11. The normalized spacial score (nSPS) is 9.85. The predicted molar refractivity (Wildman–Crippen MR) is 76.4 cm³/mol. The van der Waals surface area contributed by atoms with Gasteiger partial charge in [0.05, 0.1) is 12.3 Å². The van der Waals surface area contributed by atoms with Crippen molar-refractivity contribution in [3.8, 4) is 11.8 Å². The van der Waals surface area contributed by atoms with Crippen molar-refractivity contribution in [2.75, 3.05) is 17.7 Å². The van der Waals surface area contributed by atoms with Gasteiger partial charge in [0.15, 0.2) is 0 Å². The number of hydrogen-bond donors (Lipinski definition) is 2. The Hall–Kier alpha value is -2.74. The maximum absolute atomic E-state index is 13.5. The van der Waals surface area contributed by atoms with Gasteiger partial charge in [-0.15, -0.1) is 0 Å². The standard InChI is InChI=1S/C15H14FN3O/c1-2-20-12-7-10(18)6-11(8-12)19-15-5-3-4-14(16)13(15)9-17/h3-8,19H,2,18H2,1H3. The summed E-state index contributed by atoms with van der Waals surface area (Å²) in [5, 5.41) is 12.0. The van der Waals surface area contributed by atoms with Crippen molar-refractivity contribution in [2.24, 2.45) is 0 Å². The van der Waals surface area contributed by atoms with Crippen LogP contribution in [0.2, 0.25) is 0 Å². The zero-order valence-corrected chi connectivity index (χ0v) is 11.0. The Morgan fingerprint density at radius 2 is 2.15 bits per heavy atom. The minimum atomic E-state index is -0.563. The molecule has 0 aliphatic carbocycles. The number of nitrogens with zero attached hydrogens (tertiary/aromatic N) is 1. The maximum Gasteiger partial charge on any atom is 0.143 e. The third-order valence-electron chi connectivity index (χ3n) is 2.64. The second-order valence-corrected chi connectivity index (χ2v) is 4.12. The van der Waals surface area contributed by atoms with Crippen molar-refractivity contribution < 1.29 is 9.13 Å². The molecule has 0 aliphatic heterocycles. The van der Waals surface area contributed by atoms with Gasteiger partial charge in [0.2, 0.25) is 0 Å². The second-order valence-electron chi connectivity index (χ2n) is 4.12. The molecule has 2 aromatic rings. The number of nitrogens with one attached hydrogen (secondary N) is 1. The molecule has 0 saturated heterocycles. The fraction of sp³-hybridized carbons (Fsp3) is 0.133. The van der Waals surface area contributed by atoms with E-state index in [4.69, 9.17) is 15.7 Å². The molecular weight excluding hydrogens is 257 g/mol. The molecule has 0 heterocycles. The second kappa shape index (κ2) is 5.93. The Morgan fingerprint density at radius 1 is 1.35 bits per heavy atom. The first-order chi connectivity index (χ1) is 9.63. The number of hydrogen-bond acceptors (Lipinski definition) is 4. The minimum Gasteiger partial charge on any atom is -0.494 e. The highest BCUT2D eigenvalue weighted by atomic mass is 19.1. The monoisotopic (exact) mass is 271 g/mol. The topological polar surface area (TPSA) is 71.1 Å². The summed E-state index contributed by atoms with van der Waals surface area (Å²) < 4.78 is 18.9. The minimum absolute atomic E-state index is 0.0344. The molecule has 0 saturated carbocycles. The van der Waals surface area contributed by atoms with E-state index in [2.05, 4.69) is 5.32 Å². The van der Waals surface area contributed by atoms with Gasteiger partial charge in [-0.25, -0.2) is 4.39 Å². The summed E-state index contributed by atoms with van der Waals surface area (Å²) in [7, 11) is 0. The van der Waals surface area contributed by atoms with Crippen molar-refractivity contribution in [3.05, 3.63) is 47.8 Å². The fourth-order valence-corrected chi connectivity index (χ4v) is 1.84. The SMILES string of the molecule is CCOc1cc(N)cc(Nc2cccc(F)c2C#N)c1. The van der Waals surface area contributed by atoms with Crippen molar-refractivity contribution in [1.82, 2.24) is 0 Å². The first-order valence-corrected chi connectivity index (χ1v) is 6.13. The first-order valence-electron chi connectivity index (χ1n) is 6.13. The average Bonchev–Trinajstić information content (AvgIpc) is 2.38. The number of halogens is 1. The summed E-state index contributed by atoms with van der Waals surface area (Å²) in [4.78, 5) is 0. The highest BCUT2D eigenvalue weighted by molar-refractivity contribution is 5.70. The number of rotatable bonds is 4. The molecule has 5 heteroatoms. The molecular formula is C15H14FN3O. The fourth-order valence-electron chi connectivity index (χ4n) is 1.84. The van der Waals surface area contributed by atoms with Crippen LogP contribution in [0.4, 0.5) is 21.5 Å². The Kier molecular flexibility index (Phi) is 4.06. The van der Waals surface area contributed by atoms with E-state index in [1.807, 2.05) is 13.0 Å². The van der Waals surface area contributed by atoms with Gasteiger partial charge in [-0.1, -0.05) is 6.07 Å². The molecule has 0 bridgehead atoms. The lowest BCUT2D eigenvalue weighted by molar-refractivity contribution is 0.340. The van der Waals surface area contributed by atoms with E-state index >= 15 is 0 Å². The molecule has 2 aromatic carbocycles. The number of ether oxygens (including phenoxy) is 1. The van der Waals surface area contributed by atoms with Crippen LogP contribution in [0.3, 0.4) is 0 Å². The van der Waals surface area contributed by atoms with E-state index in [1.54, 1.807) is 24.3 Å². The highest BCUT2D eigenvalue weighted by Crippen LogP contribution is 2.27. The molecule has 0 aliphatic rings. The summed E-state index contributed by atoms with van der Waals surface area (Å²) in [5.74, 6) is 0.0522. The molecule has 0 aromatic heterocycles. The smallest absolute Gasteiger partial charge is 0.143 e. The summed E-state index contributed by atoms with van der Waals surface area (Å²) in [6, 6.07) is 11.4. The van der Waals surface area contributed by atoms with E-state index in [9.17, 15) is 4.39 Å². The third kappa shape index (κ3) is 2.98. The van der Waals surface area contributed by atoms with Crippen LogP contribution in [0.15, 0.2) is 36.4 Å². The van der Waals surface area contributed by atoms with Crippen LogP contribution < -0.4 is 15.8 Å². The lowest BCUT2D eigenvalue weighted by Crippen LogP contribution is -1.99. The van der Waals surface area contributed by atoms with Crippen molar-refractivity contribution in [3.63, 3.8) is 0 Å². The van der Waals surface area contributed by atoms with Gasteiger partial charge < -0.3 is 15.8 Å². The van der Waals surface area contributed by atoms with Gasteiger partial charge >= 0.3 is 0 Å². The third-order valence-corrected chi connectivity index (χ3v) is 2.64. The number of benzene rings is 2. The first kappa shape index (κ1) is 13.7. The molecule has 3 N–H and O–H groups in total. The number of nitriles is 1. The Balaban J connectivity index is 2.35. The van der Waals surface area contributed by atoms with Gasteiger partial charge in [0.1, 0.15) is 23.2 Å². The van der Waals surface area contributed by atoms with Crippen LogP contribution in [0, 0.1) is 17.1 Å². The molecule has 0 spiro atoms. The van der Waals surface area contributed by atoms with Gasteiger partial charge in [-0.3, -0.25) is 0 Å². The molecule has 2 rings (SSSR count). The van der Waals surface area contributed by atoms with Crippen LogP contribution >= 0.6 is 0 Å². The Morgan fingerprint density at radius 3 is 2.85 bits per heavy atom. The Bertz CT molecular complexity index is 665. The van der Waals surface area contributed by atoms with Crippen LogP contribution in [-0.4, -0.2) is 6.61 Å². The largest absolute Gasteiger partial charge is 0.494 e. The molecule has 4 nitrogen and oxygen atoms in total. The number of nitrogen functional groups attached to an aromatic ring is 1. The molecule has 0 fully saturated rings. The summed E-state index contributed by atoms with van der Waals surface area (Å²) >= 11 is 0. The van der Waals surface area contributed by atoms with Gasteiger partial charge in [-0.05, 0) is 25.1 Å². The van der Waals surface area contributed by atoms with Crippen LogP contribution in [0.1, 0.15) is 12.5 Å². The molecule has 0 radical (unpaired) electrons. The highest BCUT2D eigenvalue weighted by Gasteiger charge is 2.08. The number of anilines is 3. The summed E-state index contributed by atoms with van der Waals surface area (Å²) in [6.45, 7) is 2.39. The number of nitrogens with two attached hydrogens (primary N) is 1. The van der Waals surface area contributed by atoms with Gasteiger partial charge in [0, 0.05) is 23.5 Å². The van der Waals surface area contributed by atoms with E-state index in [0.717, 1.165) is 0 Å².